The average molecular weight is 323 g/mol. The minimum absolute atomic E-state index is 0.0381. The molecule has 0 aliphatic carbocycles. The van der Waals surface area contributed by atoms with E-state index in [1.165, 1.54) is 4.68 Å². The molecule has 1 N–H and O–H groups in total. The summed E-state index contributed by atoms with van der Waals surface area (Å²) in [5, 5.41) is 7.32. The molecule has 0 saturated carbocycles. The number of nitrogens with one attached hydrogen (secondary N) is 1. The zero-order valence-corrected chi connectivity index (χ0v) is 12.4. The first kappa shape index (κ1) is 13.7. The lowest BCUT2D eigenvalue weighted by atomic mass is 10.3. The summed E-state index contributed by atoms with van der Waals surface area (Å²) in [6.07, 6.45) is 5.16. The van der Waals surface area contributed by atoms with Gasteiger partial charge < -0.3 is 5.32 Å². The van der Waals surface area contributed by atoms with Crippen molar-refractivity contribution in [3.63, 3.8) is 0 Å². The summed E-state index contributed by atoms with van der Waals surface area (Å²) in [4.78, 5) is 16.1. The molecule has 2 heterocycles. The van der Waals surface area contributed by atoms with E-state index in [1.54, 1.807) is 18.6 Å². The summed E-state index contributed by atoms with van der Waals surface area (Å²) in [6, 6.07) is 3.88. The third-order valence-corrected chi connectivity index (χ3v) is 3.40. The topological polar surface area (TPSA) is 59.8 Å². The Morgan fingerprint density at radius 2 is 2.21 bits per heavy atom. The van der Waals surface area contributed by atoms with Crippen molar-refractivity contribution in [1.29, 1.82) is 0 Å². The standard InChI is InChI=1S/C13H15BrN4O/c1-9(2)18-13(19)12(14)11(8-17-18)16-7-10-4-3-5-15-6-10/h3-6,8-9,16H,7H2,1-2H3. The van der Waals surface area contributed by atoms with E-state index in [4.69, 9.17) is 0 Å². The predicted molar refractivity (Wildman–Crippen MR) is 78.1 cm³/mol. The van der Waals surface area contributed by atoms with Crippen LogP contribution in [0.2, 0.25) is 0 Å². The molecule has 0 bridgehead atoms. The van der Waals surface area contributed by atoms with Gasteiger partial charge in [0.25, 0.3) is 5.56 Å². The van der Waals surface area contributed by atoms with Crippen LogP contribution < -0.4 is 10.9 Å². The van der Waals surface area contributed by atoms with E-state index in [1.807, 2.05) is 26.0 Å². The number of halogens is 1. The lowest BCUT2D eigenvalue weighted by Crippen LogP contribution is -2.26. The fourth-order valence-corrected chi connectivity index (χ4v) is 2.06. The Balaban J connectivity index is 2.18. The van der Waals surface area contributed by atoms with Gasteiger partial charge >= 0.3 is 0 Å². The van der Waals surface area contributed by atoms with Gasteiger partial charge in [-0.25, -0.2) is 4.68 Å². The number of hydrogen-bond acceptors (Lipinski definition) is 4. The highest BCUT2D eigenvalue weighted by molar-refractivity contribution is 9.10. The minimum Gasteiger partial charge on any atom is -0.379 e. The second-order valence-corrected chi connectivity index (χ2v) is 5.22. The van der Waals surface area contributed by atoms with Gasteiger partial charge in [0.15, 0.2) is 0 Å². The van der Waals surface area contributed by atoms with Crippen LogP contribution in [0.25, 0.3) is 0 Å². The molecular formula is C13H15BrN4O. The van der Waals surface area contributed by atoms with Crippen molar-refractivity contribution in [2.45, 2.75) is 26.4 Å². The molecule has 2 aromatic heterocycles. The summed E-state index contributed by atoms with van der Waals surface area (Å²) < 4.78 is 1.94. The summed E-state index contributed by atoms with van der Waals surface area (Å²) in [7, 11) is 0. The maximum absolute atomic E-state index is 12.0. The molecule has 0 spiro atoms. The molecule has 6 heteroatoms. The molecule has 0 aromatic carbocycles. The van der Waals surface area contributed by atoms with Crippen molar-refractivity contribution in [1.82, 2.24) is 14.8 Å². The average Bonchev–Trinajstić information content (AvgIpc) is 2.41. The van der Waals surface area contributed by atoms with Crippen molar-refractivity contribution in [2.75, 3.05) is 5.32 Å². The highest BCUT2D eigenvalue weighted by atomic mass is 79.9. The van der Waals surface area contributed by atoms with E-state index < -0.39 is 0 Å². The third-order valence-electron chi connectivity index (χ3n) is 2.64. The van der Waals surface area contributed by atoms with Crippen molar-refractivity contribution in [3.05, 3.63) is 51.1 Å². The summed E-state index contributed by atoms with van der Waals surface area (Å²) in [6.45, 7) is 4.44. The zero-order valence-electron chi connectivity index (χ0n) is 10.8. The monoisotopic (exact) mass is 322 g/mol. The maximum atomic E-state index is 12.0. The summed E-state index contributed by atoms with van der Waals surface area (Å²) >= 11 is 3.32. The van der Waals surface area contributed by atoms with Gasteiger partial charge in [0.1, 0.15) is 4.47 Å². The molecule has 2 rings (SSSR count). The first-order valence-electron chi connectivity index (χ1n) is 5.99. The summed E-state index contributed by atoms with van der Waals surface area (Å²) in [5.41, 5.74) is 1.60. The molecule has 0 radical (unpaired) electrons. The van der Waals surface area contributed by atoms with Gasteiger partial charge in [-0.1, -0.05) is 6.07 Å². The second kappa shape index (κ2) is 5.97. The van der Waals surface area contributed by atoms with Crippen LogP contribution in [0.15, 0.2) is 40.0 Å². The number of nitrogens with zero attached hydrogens (tertiary/aromatic N) is 3. The van der Waals surface area contributed by atoms with Crippen LogP contribution >= 0.6 is 15.9 Å². The van der Waals surface area contributed by atoms with Crippen LogP contribution in [-0.2, 0) is 6.54 Å². The zero-order chi connectivity index (χ0) is 13.8. The van der Waals surface area contributed by atoms with E-state index >= 15 is 0 Å². The fraction of sp³-hybridized carbons (Fsp3) is 0.308. The lowest BCUT2D eigenvalue weighted by Gasteiger charge is -2.12. The Hall–Kier alpha value is -1.69. The third kappa shape index (κ3) is 3.20. The fourth-order valence-electron chi connectivity index (χ4n) is 1.64. The predicted octanol–water partition coefficient (Wildman–Crippen LogP) is 2.59. The molecule has 100 valence electrons. The molecular weight excluding hydrogens is 308 g/mol. The number of rotatable bonds is 4. The SMILES string of the molecule is CC(C)n1ncc(NCc2cccnc2)c(Br)c1=O. The lowest BCUT2D eigenvalue weighted by molar-refractivity contribution is 0.501. The first-order chi connectivity index (χ1) is 9.09. The van der Waals surface area contributed by atoms with E-state index in [2.05, 4.69) is 31.3 Å². The number of pyridine rings is 1. The number of anilines is 1. The van der Waals surface area contributed by atoms with Crippen LogP contribution in [0.1, 0.15) is 25.5 Å². The van der Waals surface area contributed by atoms with Gasteiger partial charge in [-0.05, 0) is 41.4 Å². The molecule has 2 aromatic rings. The van der Waals surface area contributed by atoms with Crippen LogP contribution in [0.5, 0.6) is 0 Å². The van der Waals surface area contributed by atoms with Crippen LogP contribution in [-0.4, -0.2) is 14.8 Å². The molecule has 5 nitrogen and oxygen atoms in total. The Bertz CT molecular complexity index is 610. The van der Waals surface area contributed by atoms with E-state index in [-0.39, 0.29) is 11.6 Å². The van der Waals surface area contributed by atoms with Crippen LogP contribution in [0.3, 0.4) is 0 Å². The first-order valence-corrected chi connectivity index (χ1v) is 6.79. The Kier molecular flexibility index (Phi) is 4.31. The van der Waals surface area contributed by atoms with Gasteiger partial charge in [0.05, 0.1) is 17.9 Å². The highest BCUT2D eigenvalue weighted by Crippen LogP contribution is 2.17. The van der Waals surface area contributed by atoms with Gasteiger partial charge in [-0.2, -0.15) is 5.10 Å². The van der Waals surface area contributed by atoms with Crippen LogP contribution in [0.4, 0.5) is 5.69 Å². The van der Waals surface area contributed by atoms with Gasteiger partial charge in [0, 0.05) is 18.9 Å². The van der Waals surface area contributed by atoms with Gasteiger partial charge in [0.2, 0.25) is 0 Å². The van der Waals surface area contributed by atoms with Crippen molar-refractivity contribution < 1.29 is 0 Å². The second-order valence-electron chi connectivity index (χ2n) is 4.43. The molecule has 0 fully saturated rings. The minimum atomic E-state index is -0.133. The smallest absolute Gasteiger partial charge is 0.283 e. The summed E-state index contributed by atoms with van der Waals surface area (Å²) in [5.74, 6) is 0. The quantitative estimate of drug-likeness (QED) is 0.939. The molecule has 0 aliphatic rings. The van der Waals surface area contributed by atoms with Gasteiger partial charge in [-0.15, -0.1) is 0 Å². The molecule has 0 atom stereocenters. The number of hydrogen-bond donors (Lipinski definition) is 1. The van der Waals surface area contributed by atoms with Crippen molar-refractivity contribution in [2.24, 2.45) is 0 Å². The van der Waals surface area contributed by atoms with Crippen LogP contribution in [0, 0.1) is 0 Å². The van der Waals surface area contributed by atoms with E-state index in [0.717, 1.165) is 5.56 Å². The normalized spacial score (nSPS) is 10.7. The Labute approximate surface area is 119 Å². The number of aromatic nitrogens is 3. The van der Waals surface area contributed by atoms with Gasteiger partial charge in [-0.3, -0.25) is 9.78 Å². The van der Waals surface area contributed by atoms with E-state index in [0.29, 0.717) is 16.7 Å². The van der Waals surface area contributed by atoms with E-state index in [9.17, 15) is 4.79 Å². The molecule has 19 heavy (non-hydrogen) atoms. The highest BCUT2D eigenvalue weighted by Gasteiger charge is 2.10. The van der Waals surface area contributed by atoms with Crippen molar-refractivity contribution >= 4 is 21.6 Å². The maximum Gasteiger partial charge on any atom is 0.283 e. The largest absolute Gasteiger partial charge is 0.379 e. The molecule has 0 saturated heterocycles. The Morgan fingerprint density at radius 3 is 2.84 bits per heavy atom. The van der Waals surface area contributed by atoms with Crippen molar-refractivity contribution in [3.8, 4) is 0 Å². The molecule has 0 aliphatic heterocycles. The molecule has 0 unspecified atom stereocenters. The molecule has 0 amide bonds. The Morgan fingerprint density at radius 1 is 1.42 bits per heavy atom.